The SMILES string of the molecule is Cc1nc2c(c(CC(C)C)n1)CNCC2. The Hall–Kier alpha value is -0.960. The fourth-order valence-corrected chi connectivity index (χ4v) is 2.10. The van der Waals surface area contributed by atoms with Crippen molar-refractivity contribution in [3.05, 3.63) is 22.8 Å². The molecule has 82 valence electrons. The minimum Gasteiger partial charge on any atom is -0.312 e. The second-order valence-corrected chi connectivity index (χ2v) is 4.67. The van der Waals surface area contributed by atoms with Gasteiger partial charge < -0.3 is 5.32 Å². The van der Waals surface area contributed by atoms with Crippen molar-refractivity contribution in [1.82, 2.24) is 15.3 Å². The van der Waals surface area contributed by atoms with Crippen LogP contribution in [0.5, 0.6) is 0 Å². The summed E-state index contributed by atoms with van der Waals surface area (Å²) < 4.78 is 0. The molecule has 0 fully saturated rings. The standard InChI is InChI=1S/C12H19N3/c1-8(2)6-12-10-7-13-5-4-11(10)14-9(3)15-12/h8,13H,4-7H2,1-3H3. The van der Waals surface area contributed by atoms with Crippen LogP contribution in [-0.2, 0) is 19.4 Å². The first-order valence-corrected chi connectivity index (χ1v) is 5.73. The molecule has 0 atom stereocenters. The number of nitrogens with one attached hydrogen (secondary N) is 1. The third-order valence-corrected chi connectivity index (χ3v) is 2.73. The molecule has 3 heteroatoms. The number of aryl methyl sites for hydroxylation is 1. The highest BCUT2D eigenvalue weighted by atomic mass is 14.9. The first kappa shape index (κ1) is 10.6. The summed E-state index contributed by atoms with van der Waals surface area (Å²) in [5.41, 5.74) is 3.86. The van der Waals surface area contributed by atoms with E-state index >= 15 is 0 Å². The molecule has 0 unspecified atom stereocenters. The molecule has 15 heavy (non-hydrogen) atoms. The fourth-order valence-electron chi connectivity index (χ4n) is 2.10. The number of fused-ring (bicyclic) bond motifs is 1. The minimum absolute atomic E-state index is 0.658. The molecule has 0 radical (unpaired) electrons. The van der Waals surface area contributed by atoms with E-state index in [0.29, 0.717) is 5.92 Å². The van der Waals surface area contributed by atoms with E-state index in [9.17, 15) is 0 Å². The molecule has 0 bridgehead atoms. The lowest BCUT2D eigenvalue weighted by molar-refractivity contribution is 0.582. The number of aromatic nitrogens is 2. The number of rotatable bonds is 2. The van der Waals surface area contributed by atoms with Gasteiger partial charge in [0.2, 0.25) is 0 Å². The lowest BCUT2D eigenvalue weighted by atomic mass is 9.99. The maximum Gasteiger partial charge on any atom is 0.125 e. The highest BCUT2D eigenvalue weighted by Crippen LogP contribution is 2.18. The Labute approximate surface area is 91.3 Å². The van der Waals surface area contributed by atoms with Gasteiger partial charge in [0.15, 0.2) is 0 Å². The van der Waals surface area contributed by atoms with E-state index in [2.05, 4.69) is 29.1 Å². The molecule has 0 amide bonds. The van der Waals surface area contributed by atoms with Crippen LogP contribution >= 0.6 is 0 Å². The number of hydrogen-bond acceptors (Lipinski definition) is 3. The van der Waals surface area contributed by atoms with Crippen LogP contribution in [0.3, 0.4) is 0 Å². The van der Waals surface area contributed by atoms with Crippen LogP contribution in [-0.4, -0.2) is 16.5 Å². The van der Waals surface area contributed by atoms with Crippen molar-refractivity contribution in [2.45, 2.75) is 40.2 Å². The lowest BCUT2D eigenvalue weighted by Crippen LogP contribution is -2.27. The van der Waals surface area contributed by atoms with E-state index < -0.39 is 0 Å². The van der Waals surface area contributed by atoms with Crippen LogP contribution in [0.15, 0.2) is 0 Å². The molecule has 0 aromatic carbocycles. The first-order chi connectivity index (χ1) is 7.16. The maximum absolute atomic E-state index is 4.58. The molecule has 0 saturated heterocycles. The highest BCUT2D eigenvalue weighted by Gasteiger charge is 2.16. The van der Waals surface area contributed by atoms with E-state index in [-0.39, 0.29) is 0 Å². The zero-order valence-corrected chi connectivity index (χ0v) is 9.80. The van der Waals surface area contributed by atoms with Crippen LogP contribution in [0.4, 0.5) is 0 Å². The molecule has 3 nitrogen and oxygen atoms in total. The van der Waals surface area contributed by atoms with Crippen molar-refractivity contribution >= 4 is 0 Å². The second kappa shape index (κ2) is 4.27. The largest absolute Gasteiger partial charge is 0.312 e. The van der Waals surface area contributed by atoms with Gasteiger partial charge >= 0.3 is 0 Å². The van der Waals surface area contributed by atoms with Gasteiger partial charge in [-0.25, -0.2) is 9.97 Å². The predicted molar refractivity (Wildman–Crippen MR) is 60.7 cm³/mol. The Kier molecular flexibility index (Phi) is 3.00. The van der Waals surface area contributed by atoms with Crippen LogP contribution in [0.1, 0.15) is 36.6 Å². The molecule has 1 aliphatic heterocycles. The zero-order chi connectivity index (χ0) is 10.8. The van der Waals surface area contributed by atoms with Gasteiger partial charge in [0, 0.05) is 30.8 Å². The van der Waals surface area contributed by atoms with Gasteiger partial charge in [0.25, 0.3) is 0 Å². The molecule has 2 rings (SSSR count). The monoisotopic (exact) mass is 205 g/mol. The zero-order valence-electron chi connectivity index (χ0n) is 9.80. The van der Waals surface area contributed by atoms with Gasteiger partial charge in [-0.05, 0) is 19.3 Å². The number of hydrogen-bond donors (Lipinski definition) is 1. The van der Waals surface area contributed by atoms with E-state index in [1.165, 1.54) is 17.0 Å². The predicted octanol–water partition coefficient (Wildman–Crippen LogP) is 1.63. The molecular formula is C12H19N3. The highest BCUT2D eigenvalue weighted by molar-refractivity contribution is 5.28. The van der Waals surface area contributed by atoms with Crippen molar-refractivity contribution in [3.8, 4) is 0 Å². The molecule has 0 aliphatic carbocycles. The molecule has 1 aromatic rings. The molecule has 1 aliphatic rings. The molecule has 0 spiro atoms. The third-order valence-electron chi connectivity index (χ3n) is 2.73. The molecule has 2 heterocycles. The summed E-state index contributed by atoms with van der Waals surface area (Å²) in [5, 5.41) is 3.39. The Morgan fingerprint density at radius 1 is 1.33 bits per heavy atom. The van der Waals surface area contributed by atoms with Crippen molar-refractivity contribution in [3.63, 3.8) is 0 Å². The van der Waals surface area contributed by atoms with Crippen LogP contribution in [0.2, 0.25) is 0 Å². The van der Waals surface area contributed by atoms with E-state index in [1.807, 2.05) is 6.92 Å². The quantitative estimate of drug-likeness (QED) is 0.797. The topological polar surface area (TPSA) is 37.8 Å². The van der Waals surface area contributed by atoms with Gasteiger partial charge in [-0.15, -0.1) is 0 Å². The van der Waals surface area contributed by atoms with Crippen molar-refractivity contribution < 1.29 is 0 Å². The maximum atomic E-state index is 4.58. The van der Waals surface area contributed by atoms with Crippen molar-refractivity contribution in [1.29, 1.82) is 0 Å². The molecular weight excluding hydrogens is 186 g/mol. The summed E-state index contributed by atoms with van der Waals surface area (Å²) in [6.45, 7) is 8.45. The second-order valence-electron chi connectivity index (χ2n) is 4.67. The normalized spacial score (nSPS) is 15.5. The number of nitrogens with zero attached hydrogens (tertiary/aromatic N) is 2. The van der Waals surface area contributed by atoms with Crippen molar-refractivity contribution in [2.75, 3.05) is 6.54 Å². The van der Waals surface area contributed by atoms with Gasteiger partial charge in [-0.2, -0.15) is 0 Å². The summed E-state index contributed by atoms with van der Waals surface area (Å²) >= 11 is 0. The summed E-state index contributed by atoms with van der Waals surface area (Å²) in [4.78, 5) is 9.11. The van der Waals surface area contributed by atoms with Crippen LogP contribution in [0, 0.1) is 12.8 Å². The smallest absolute Gasteiger partial charge is 0.125 e. The van der Waals surface area contributed by atoms with E-state index in [1.54, 1.807) is 0 Å². The molecule has 0 saturated carbocycles. The van der Waals surface area contributed by atoms with Gasteiger partial charge in [0.1, 0.15) is 5.82 Å². The first-order valence-electron chi connectivity index (χ1n) is 5.73. The Bertz CT molecular complexity index is 358. The van der Waals surface area contributed by atoms with E-state index in [0.717, 1.165) is 31.8 Å². The average molecular weight is 205 g/mol. The average Bonchev–Trinajstić information content (AvgIpc) is 2.16. The summed E-state index contributed by atoms with van der Waals surface area (Å²) in [7, 11) is 0. The van der Waals surface area contributed by atoms with Crippen LogP contribution < -0.4 is 5.32 Å². The summed E-state index contributed by atoms with van der Waals surface area (Å²) in [6, 6.07) is 0. The molecule has 1 aromatic heterocycles. The lowest BCUT2D eigenvalue weighted by Gasteiger charge is -2.20. The van der Waals surface area contributed by atoms with Crippen molar-refractivity contribution in [2.24, 2.45) is 5.92 Å². The Morgan fingerprint density at radius 2 is 2.13 bits per heavy atom. The third kappa shape index (κ3) is 2.34. The van der Waals surface area contributed by atoms with Gasteiger partial charge in [0.05, 0.1) is 5.69 Å². The minimum atomic E-state index is 0.658. The Balaban J connectivity index is 2.38. The van der Waals surface area contributed by atoms with Crippen LogP contribution in [0.25, 0.3) is 0 Å². The summed E-state index contributed by atoms with van der Waals surface area (Å²) in [5.74, 6) is 1.58. The Morgan fingerprint density at radius 3 is 2.87 bits per heavy atom. The fraction of sp³-hybridized carbons (Fsp3) is 0.667. The van der Waals surface area contributed by atoms with Gasteiger partial charge in [-0.3, -0.25) is 0 Å². The summed E-state index contributed by atoms with van der Waals surface area (Å²) in [6.07, 6.45) is 2.11. The van der Waals surface area contributed by atoms with E-state index in [4.69, 9.17) is 0 Å². The molecule has 1 N–H and O–H groups in total. The van der Waals surface area contributed by atoms with Gasteiger partial charge in [-0.1, -0.05) is 13.8 Å².